The van der Waals surface area contributed by atoms with Gasteiger partial charge in [0, 0.05) is 50.4 Å². The van der Waals surface area contributed by atoms with Crippen LogP contribution in [0, 0.1) is 0 Å². The van der Waals surface area contributed by atoms with Gasteiger partial charge in [-0.1, -0.05) is 18.2 Å². The Morgan fingerprint density at radius 3 is 2.12 bits per heavy atom. The van der Waals surface area contributed by atoms with Crippen molar-refractivity contribution in [1.29, 1.82) is 0 Å². The number of carbonyl (C=O) groups excluding carboxylic acids is 1. The molecular formula is C22H24N2O2. The standard InChI is InChI=1S/C22H24N2O2/c1-23(2)19-8-6-7-15-11-14-18(21(20(15)19)24(3)4)22(25)16-9-12-17(26-5)13-10-16/h6-14H,1-5H3. The van der Waals surface area contributed by atoms with E-state index in [-0.39, 0.29) is 5.78 Å². The smallest absolute Gasteiger partial charge is 0.195 e. The molecule has 0 radical (unpaired) electrons. The van der Waals surface area contributed by atoms with Crippen LogP contribution in [0.4, 0.5) is 11.4 Å². The van der Waals surface area contributed by atoms with Crippen LogP contribution in [0.15, 0.2) is 54.6 Å². The number of ketones is 1. The summed E-state index contributed by atoms with van der Waals surface area (Å²) in [7, 11) is 9.61. The molecule has 3 rings (SSSR count). The minimum atomic E-state index is 0.00631. The Balaban J connectivity index is 2.23. The van der Waals surface area contributed by atoms with Crippen LogP contribution in [0.2, 0.25) is 0 Å². The number of hydrogen-bond acceptors (Lipinski definition) is 4. The maximum Gasteiger partial charge on any atom is 0.195 e. The van der Waals surface area contributed by atoms with Crippen LogP contribution in [0.1, 0.15) is 15.9 Å². The van der Waals surface area contributed by atoms with Gasteiger partial charge < -0.3 is 14.5 Å². The quantitative estimate of drug-likeness (QED) is 0.647. The Kier molecular flexibility index (Phi) is 4.85. The molecule has 0 aliphatic heterocycles. The molecule has 0 aromatic heterocycles. The van der Waals surface area contributed by atoms with E-state index in [1.54, 1.807) is 7.11 Å². The molecule has 4 heteroatoms. The largest absolute Gasteiger partial charge is 0.497 e. The first-order valence-electron chi connectivity index (χ1n) is 8.53. The van der Waals surface area contributed by atoms with Crippen LogP contribution in [0.3, 0.4) is 0 Å². The average molecular weight is 348 g/mol. The Hall–Kier alpha value is -3.01. The zero-order chi connectivity index (χ0) is 18.8. The lowest BCUT2D eigenvalue weighted by molar-refractivity contribution is 0.103. The molecule has 0 amide bonds. The van der Waals surface area contributed by atoms with Crippen LogP contribution in [0.5, 0.6) is 5.75 Å². The first-order valence-corrected chi connectivity index (χ1v) is 8.53. The third-order valence-corrected chi connectivity index (χ3v) is 4.52. The van der Waals surface area contributed by atoms with Gasteiger partial charge in [-0.2, -0.15) is 0 Å². The molecule has 0 saturated heterocycles. The first kappa shape index (κ1) is 17.8. The molecule has 0 heterocycles. The summed E-state index contributed by atoms with van der Waals surface area (Å²) < 4.78 is 5.19. The Bertz CT molecular complexity index is 944. The molecule has 26 heavy (non-hydrogen) atoms. The minimum absolute atomic E-state index is 0.00631. The summed E-state index contributed by atoms with van der Waals surface area (Å²) in [6.45, 7) is 0. The molecule has 0 saturated carbocycles. The maximum atomic E-state index is 13.2. The van der Waals surface area contributed by atoms with Crippen molar-refractivity contribution >= 4 is 27.9 Å². The van der Waals surface area contributed by atoms with Gasteiger partial charge in [-0.05, 0) is 41.8 Å². The lowest BCUT2D eigenvalue weighted by atomic mass is 9.95. The van der Waals surface area contributed by atoms with E-state index in [1.165, 1.54) is 0 Å². The molecule has 0 fully saturated rings. The number of carbonyl (C=O) groups is 1. The highest BCUT2D eigenvalue weighted by Crippen LogP contribution is 2.37. The second kappa shape index (κ2) is 7.08. The van der Waals surface area contributed by atoms with Crippen LogP contribution in [-0.2, 0) is 0 Å². The molecule has 0 aliphatic rings. The summed E-state index contributed by atoms with van der Waals surface area (Å²) in [6, 6.07) is 17.4. The minimum Gasteiger partial charge on any atom is -0.497 e. The van der Waals surface area contributed by atoms with Crippen molar-refractivity contribution < 1.29 is 9.53 Å². The van der Waals surface area contributed by atoms with E-state index in [1.807, 2.05) is 75.6 Å². The number of benzene rings is 3. The van der Waals surface area contributed by atoms with Gasteiger partial charge in [-0.25, -0.2) is 0 Å². The summed E-state index contributed by atoms with van der Waals surface area (Å²) in [6.07, 6.45) is 0. The molecule has 0 atom stereocenters. The highest BCUT2D eigenvalue weighted by molar-refractivity contribution is 6.18. The van der Waals surface area contributed by atoms with Gasteiger partial charge in [0.15, 0.2) is 5.78 Å². The second-order valence-electron chi connectivity index (χ2n) is 6.68. The molecule has 0 spiro atoms. The summed E-state index contributed by atoms with van der Waals surface area (Å²) in [5.74, 6) is 0.745. The average Bonchev–Trinajstić information content (AvgIpc) is 2.65. The number of methoxy groups -OCH3 is 1. The molecule has 0 N–H and O–H groups in total. The third-order valence-electron chi connectivity index (χ3n) is 4.52. The summed E-state index contributed by atoms with van der Waals surface area (Å²) in [5.41, 5.74) is 3.38. The normalized spacial score (nSPS) is 10.7. The summed E-state index contributed by atoms with van der Waals surface area (Å²) in [4.78, 5) is 17.3. The second-order valence-corrected chi connectivity index (χ2v) is 6.68. The molecular weight excluding hydrogens is 324 g/mol. The molecule has 0 aliphatic carbocycles. The van der Waals surface area contributed by atoms with Gasteiger partial charge in [-0.15, -0.1) is 0 Å². The number of anilines is 2. The van der Waals surface area contributed by atoms with E-state index in [9.17, 15) is 4.79 Å². The number of ether oxygens (including phenoxy) is 1. The predicted molar refractivity (Wildman–Crippen MR) is 109 cm³/mol. The fourth-order valence-corrected chi connectivity index (χ4v) is 3.26. The van der Waals surface area contributed by atoms with E-state index in [0.717, 1.165) is 27.9 Å². The lowest BCUT2D eigenvalue weighted by Crippen LogP contribution is -2.17. The molecule has 3 aromatic carbocycles. The first-order chi connectivity index (χ1) is 12.4. The number of hydrogen-bond donors (Lipinski definition) is 0. The highest BCUT2D eigenvalue weighted by atomic mass is 16.5. The van der Waals surface area contributed by atoms with Crippen molar-refractivity contribution in [1.82, 2.24) is 0 Å². The van der Waals surface area contributed by atoms with E-state index in [0.29, 0.717) is 11.1 Å². The number of rotatable bonds is 5. The van der Waals surface area contributed by atoms with Crippen molar-refractivity contribution in [3.8, 4) is 5.75 Å². The van der Waals surface area contributed by atoms with Gasteiger partial charge in [0.1, 0.15) is 5.75 Å². The zero-order valence-corrected chi connectivity index (χ0v) is 15.9. The monoisotopic (exact) mass is 348 g/mol. The molecule has 0 unspecified atom stereocenters. The van der Waals surface area contributed by atoms with E-state index in [4.69, 9.17) is 4.74 Å². The fourth-order valence-electron chi connectivity index (χ4n) is 3.26. The van der Waals surface area contributed by atoms with Crippen LogP contribution in [-0.4, -0.2) is 41.1 Å². The topological polar surface area (TPSA) is 32.8 Å². The van der Waals surface area contributed by atoms with Gasteiger partial charge in [0.05, 0.1) is 12.8 Å². The van der Waals surface area contributed by atoms with Crippen molar-refractivity contribution in [2.45, 2.75) is 0 Å². The molecule has 4 nitrogen and oxygen atoms in total. The van der Waals surface area contributed by atoms with Gasteiger partial charge in [0.25, 0.3) is 0 Å². The fraction of sp³-hybridized carbons (Fsp3) is 0.227. The van der Waals surface area contributed by atoms with E-state index >= 15 is 0 Å². The molecule has 3 aromatic rings. The highest BCUT2D eigenvalue weighted by Gasteiger charge is 2.20. The van der Waals surface area contributed by atoms with Crippen LogP contribution in [0.25, 0.3) is 10.8 Å². The van der Waals surface area contributed by atoms with Crippen molar-refractivity contribution in [2.75, 3.05) is 45.1 Å². The third kappa shape index (κ3) is 3.10. The number of fused-ring (bicyclic) bond motifs is 1. The maximum absolute atomic E-state index is 13.2. The number of nitrogens with zero attached hydrogens (tertiary/aromatic N) is 2. The predicted octanol–water partition coefficient (Wildman–Crippen LogP) is 4.21. The van der Waals surface area contributed by atoms with Crippen LogP contribution < -0.4 is 14.5 Å². The van der Waals surface area contributed by atoms with E-state index < -0.39 is 0 Å². The van der Waals surface area contributed by atoms with E-state index in [2.05, 4.69) is 17.0 Å². The van der Waals surface area contributed by atoms with Crippen molar-refractivity contribution in [3.05, 3.63) is 65.7 Å². The van der Waals surface area contributed by atoms with Gasteiger partial charge in [-0.3, -0.25) is 4.79 Å². The summed E-state index contributed by atoms with van der Waals surface area (Å²) in [5, 5.41) is 2.20. The lowest BCUT2D eigenvalue weighted by Gasteiger charge is -2.24. The zero-order valence-electron chi connectivity index (χ0n) is 15.9. The Morgan fingerprint density at radius 2 is 1.54 bits per heavy atom. The molecule has 134 valence electrons. The van der Waals surface area contributed by atoms with Crippen LogP contribution >= 0.6 is 0 Å². The van der Waals surface area contributed by atoms with Crippen molar-refractivity contribution in [3.63, 3.8) is 0 Å². The van der Waals surface area contributed by atoms with Gasteiger partial charge >= 0.3 is 0 Å². The Morgan fingerprint density at radius 1 is 0.846 bits per heavy atom. The molecule has 0 bridgehead atoms. The summed E-state index contributed by atoms with van der Waals surface area (Å²) >= 11 is 0. The van der Waals surface area contributed by atoms with Crippen molar-refractivity contribution in [2.24, 2.45) is 0 Å². The van der Waals surface area contributed by atoms with Gasteiger partial charge in [0.2, 0.25) is 0 Å². The SMILES string of the molecule is COc1ccc(C(=O)c2ccc3cccc(N(C)C)c3c2N(C)C)cc1. The Labute approximate surface area is 154 Å².